The summed E-state index contributed by atoms with van der Waals surface area (Å²) in [7, 11) is -3.46. The molecule has 0 bridgehead atoms. The maximum atomic E-state index is 11.6. The first-order chi connectivity index (χ1) is 7.41. The molecule has 16 heavy (non-hydrogen) atoms. The standard InChI is InChI=1S/C10H19NO4S/c1-8(10(12)13)11-16(14,15)7-9-5-3-2-4-6-9/h8-9,11H,2-7H2,1H3,(H,12,13)/t8-/m1/s1. The third kappa shape index (κ3) is 4.49. The van der Waals surface area contributed by atoms with Gasteiger partial charge in [0.05, 0.1) is 5.75 Å². The minimum atomic E-state index is -3.46. The van der Waals surface area contributed by atoms with Gasteiger partial charge in [-0.3, -0.25) is 4.79 Å². The van der Waals surface area contributed by atoms with Gasteiger partial charge >= 0.3 is 5.97 Å². The Morgan fingerprint density at radius 2 is 1.94 bits per heavy atom. The summed E-state index contributed by atoms with van der Waals surface area (Å²) < 4.78 is 25.5. The Morgan fingerprint density at radius 3 is 2.44 bits per heavy atom. The van der Waals surface area contributed by atoms with Crippen molar-refractivity contribution in [3.8, 4) is 0 Å². The highest BCUT2D eigenvalue weighted by Crippen LogP contribution is 2.24. The van der Waals surface area contributed by atoms with Crippen LogP contribution in [0, 0.1) is 5.92 Å². The van der Waals surface area contributed by atoms with Crippen LogP contribution in [0.1, 0.15) is 39.0 Å². The highest BCUT2D eigenvalue weighted by atomic mass is 32.2. The van der Waals surface area contributed by atoms with E-state index in [1.807, 2.05) is 0 Å². The molecule has 0 heterocycles. The monoisotopic (exact) mass is 249 g/mol. The number of rotatable bonds is 5. The van der Waals surface area contributed by atoms with E-state index < -0.39 is 22.0 Å². The smallest absolute Gasteiger partial charge is 0.321 e. The van der Waals surface area contributed by atoms with Crippen molar-refractivity contribution in [3.05, 3.63) is 0 Å². The quantitative estimate of drug-likeness (QED) is 0.760. The van der Waals surface area contributed by atoms with Crippen molar-refractivity contribution < 1.29 is 18.3 Å². The fourth-order valence-corrected chi connectivity index (χ4v) is 3.72. The number of hydrogen-bond donors (Lipinski definition) is 2. The largest absolute Gasteiger partial charge is 0.480 e. The molecule has 1 saturated carbocycles. The highest BCUT2D eigenvalue weighted by Gasteiger charge is 2.24. The molecule has 1 aliphatic carbocycles. The molecule has 0 aromatic rings. The topological polar surface area (TPSA) is 83.5 Å². The van der Waals surface area contributed by atoms with Gasteiger partial charge < -0.3 is 5.11 Å². The van der Waals surface area contributed by atoms with E-state index in [-0.39, 0.29) is 11.7 Å². The second kappa shape index (κ2) is 5.63. The van der Waals surface area contributed by atoms with Crippen molar-refractivity contribution in [1.82, 2.24) is 4.72 Å². The van der Waals surface area contributed by atoms with E-state index in [9.17, 15) is 13.2 Å². The lowest BCUT2D eigenvalue weighted by Crippen LogP contribution is -2.41. The molecule has 6 heteroatoms. The second-order valence-electron chi connectivity index (χ2n) is 4.46. The molecule has 0 aliphatic heterocycles. The molecule has 1 atom stereocenters. The summed E-state index contributed by atoms with van der Waals surface area (Å²) in [5.74, 6) is -0.899. The van der Waals surface area contributed by atoms with Crippen LogP contribution in [-0.2, 0) is 14.8 Å². The van der Waals surface area contributed by atoms with Crippen LogP contribution in [0.15, 0.2) is 0 Å². The fraction of sp³-hybridized carbons (Fsp3) is 0.900. The van der Waals surface area contributed by atoms with Crippen molar-refractivity contribution >= 4 is 16.0 Å². The summed E-state index contributed by atoms with van der Waals surface area (Å²) in [6.07, 6.45) is 5.20. The lowest BCUT2D eigenvalue weighted by molar-refractivity contribution is -0.138. The fourth-order valence-electron chi connectivity index (χ4n) is 2.03. The van der Waals surface area contributed by atoms with Gasteiger partial charge in [0.15, 0.2) is 0 Å². The molecule has 94 valence electrons. The number of carboxylic acids is 1. The van der Waals surface area contributed by atoms with Crippen molar-refractivity contribution in [1.29, 1.82) is 0 Å². The Hall–Kier alpha value is -0.620. The Bertz CT molecular complexity index is 333. The van der Waals surface area contributed by atoms with Crippen LogP contribution in [0.2, 0.25) is 0 Å². The summed E-state index contributed by atoms with van der Waals surface area (Å²) in [4.78, 5) is 10.5. The minimum absolute atomic E-state index is 0.0601. The zero-order valence-corrected chi connectivity index (χ0v) is 10.3. The lowest BCUT2D eigenvalue weighted by atomic mass is 9.91. The third-order valence-corrected chi connectivity index (χ3v) is 4.53. The predicted octanol–water partition coefficient (Wildman–Crippen LogP) is 0.959. The van der Waals surface area contributed by atoms with E-state index in [4.69, 9.17) is 5.11 Å². The molecule has 0 spiro atoms. The summed E-state index contributed by atoms with van der Waals surface area (Å²) in [5.41, 5.74) is 0. The molecule has 0 unspecified atom stereocenters. The number of hydrogen-bond acceptors (Lipinski definition) is 3. The summed E-state index contributed by atoms with van der Waals surface area (Å²) >= 11 is 0. The second-order valence-corrected chi connectivity index (χ2v) is 6.26. The van der Waals surface area contributed by atoms with E-state index in [2.05, 4.69) is 4.72 Å². The van der Waals surface area contributed by atoms with Gasteiger partial charge in [-0.15, -0.1) is 0 Å². The average Bonchev–Trinajstić information content (AvgIpc) is 2.17. The zero-order valence-electron chi connectivity index (χ0n) is 9.48. The van der Waals surface area contributed by atoms with Crippen LogP contribution in [0.3, 0.4) is 0 Å². The number of aliphatic carboxylic acids is 1. The first-order valence-electron chi connectivity index (χ1n) is 5.63. The molecule has 0 saturated heterocycles. The van der Waals surface area contributed by atoms with Gasteiger partial charge in [0.2, 0.25) is 10.0 Å². The number of carbonyl (C=O) groups is 1. The van der Waals surface area contributed by atoms with Crippen LogP contribution in [0.4, 0.5) is 0 Å². The van der Waals surface area contributed by atoms with E-state index in [0.29, 0.717) is 0 Å². The minimum Gasteiger partial charge on any atom is -0.480 e. The molecule has 0 aromatic heterocycles. The Balaban J connectivity index is 2.47. The first-order valence-corrected chi connectivity index (χ1v) is 7.29. The van der Waals surface area contributed by atoms with Gasteiger partial charge in [0.25, 0.3) is 0 Å². The van der Waals surface area contributed by atoms with Gasteiger partial charge in [0, 0.05) is 0 Å². The van der Waals surface area contributed by atoms with Gasteiger partial charge in [0.1, 0.15) is 6.04 Å². The third-order valence-electron chi connectivity index (χ3n) is 2.91. The summed E-state index contributed by atoms with van der Waals surface area (Å²) in [5, 5.41) is 8.62. The SMILES string of the molecule is C[C@@H](NS(=O)(=O)CC1CCCCC1)C(=O)O. The van der Waals surface area contributed by atoms with Crippen molar-refractivity contribution in [2.24, 2.45) is 5.92 Å². The maximum Gasteiger partial charge on any atom is 0.321 e. The first kappa shape index (κ1) is 13.4. The van der Waals surface area contributed by atoms with Gasteiger partial charge in [-0.2, -0.15) is 0 Å². The van der Waals surface area contributed by atoms with E-state index >= 15 is 0 Å². The lowest BCUT2D eigenvalue weighted by Gasteiger charge is -2.21. The highest BCUT2D eigenvalue weighted by molar-refractivity contribution is 7.89. The Kier molecular flexibility index (Phi) is 4.73. The van der Waals surface area contributed by atoms with Crippen LogP contribution in [0.5, 0.6) is 0 Å². The number of nitrogens with one attached hydrogen (secondary N) is 1. The van der Waals surface area contributed by atoms with Gasteiger partial charge in [-0.05, 0) is 25.7 Å². The summed E-state index contributed by atoms with van der Waals surface area (Å²) in [6.45, 7) is 1.33. The summed E-state index contributed by atoms with van der Waals surface area (Å²) in [6, 6.07) is -1.05. The van der Waals surface area contributed by atoms with Crippen molar-refractivity contribution in [3.63, 3.8) is 0 Å². The molecule has 1 aliphatic rings. The molecule has 0 aromatic carbocycles. The van der Waals surface area contributed by atoms with Crippen molar-refractivity contribution in [2.75, 3.05) is 5.75 Å². The van der Waals surface area contributed by atoms with Crippen molar-refractivity contribution in [2.45, 2.75) is 45.1 Å². The van der Waals surface area contributed by atoms with Crippen LogP contribution in [0.25, 0.3) is 0 Å². The van der Waals surface area contributed by atoms with Gasteiger partial charge in [-0.1, -0.05) is 19.3 Å². The molecule has 1 fully saturated rings. The molecule has 0 amide bonds. The van der Waals surface area contributed by atoms with E-state index in [0.717, 1.165) is 25.7 Å². The van der Waals surface area contributed by atoms with Crippen LogP contribution < -0.4 is 4.72 Å². The molecule has 5 nitrogen and oxygen atoms in total. The Morgan fingerprint density at radius 1 is 1.38 bits per heavy atom. The van der Waals surface area contributed by atoms with E-state index in [1.54, 1.807) is 0 Å². The normalized spacial score (nSPS) is 20.6. The predicted molar refractivity (Wildman–Crippen MR) is 60.6 cm³/mol. The number of sulfonamides is 1. The number of carboxylic acid groups (broad SMARTS) is 1. The molecular formula is C10H19NO4S. The average molecular weight is 249 g/mol. The van der Waals surface area contributed by atoms with Crippen LogP contribution >= 0.6 is 0 Å². The van der Waals surface area contributed by atoms with E-state index in [1.165, 1.54) is 13.3 Å². The Labute approximate surface area is 96.3 Å². The molecule has 0 radical (unpaired) electrons. The molecular weight excluding hydrogens is 230 g/mol. The molecule has 2 N–H and O–H groups in total. The molecule has 1 rings (SSSR count). The maximum absolute atomic E-state index is 11.6. The van der Waals surface area contributed by atoms with Gasteiger partial charge in [-0.25, -0.2) is 13.1 Å². The zero-order chi connectivity index (χ0) is 12.2. The van der Waals surface area contributed by atoms with Crippen LogP contribution in [-0.4, -0.2) is 31.3 Å².